The van der Waals surface area contributed by atoms with Gasteiger partial charge in [-0.15, -0.1) is 0 Å². The summed E-state index contributed by atoms with van der Waals surface area (Å²) in [7, 11) is 0. The smallest absolute Gasteiger partial charge is 0.335 e. The molecule has 0 aliphatic carbocycles. The molecule has 0 unspecified atom stereocenters. The monoisotopic (exact) mass is 602 g/mol. The van der Waals surface area contributed by atoms with Gasteiger partial charge in [0.15, 0.2) is 0 Å². The number of nitrogens with one attached hydrogen (secondary N) is 1. The summed E-state index contributed by atoms with van der Waals surface area (Å²) >= 11 is 13.1. The van der Waals surface area contributed by atoms with Crippen LogP contribution in [0.4, 0.5) is 10.5 Å². The number of carbonyl (C=O) groups is 3. The average molecular weight is 605 g/mol. The Hall–Kier alpha value is -2.94. The summed E-state index contributed by atoms with van der Waals surface area (Å²) in [6.07, 6.45) is 1.41. The van der Waals surface area contributed by atoms with Crippen LogP contribution in [-0.4, -0.2) is 17.8 Å². The number of imide groups is 2. The number of benzene rings is 3. The molecule has 34 heavy (non-hydrogen) atoms. The average Bonchev–Trinajstić information content (AvgIpc) is 2.79. The fourth-order valence-corrected chi connectivity index (χ4v) is 4.98. The molecule has 3 aromatic rings. The molecule has 1 aliphatic heterocycles. The predicted molar refractivity (Wildman–Crippen MR) is 138 cm³/mol. The van der Waals surface area contributed by atoms with Crippen LogP contribution in [0.1, 0.15) is 16.7 Å². The molecule has 3 aromatic carbocycles. The van der Waals surface area contributed by atoms with Crippen molar-refractivity contribution in [2.45, 2.75) is 13.5 Å². The Balaban J connectivity index is 1.75. The van der Waals surface area contributed by atoms with Gasteiger partial charge in [0.1, 0.15) is 17.9 Å². The van der Waals surface area contributed by atoms with Crippen LogP contribution in [0.5, 0.6) is 5.75 Å². The van der Waals surface area contributed by atoms with Gasteiger partial charge in [-0.05, 0) is 64.3 Å². The first-order valence-electron chi connectivity index (χ1n) is 10.1. The zero-order chi connectivity index (χ0) is 24.4. The van der Waals surface area contributed by atoms with E-state index in [0.29, 0.717) is 36.5 Å². The topological polar surface area (TPSA) is 75.7 Å². The number of ether oxygens (including phenoxy) is 1. The van der Waals surface area contributed by atoms with E-state index in [1.54, 1.807) is 37.3 Å². The van der Waals surface area contributed by atoms with Crippen LogP contribution in [0, 0.1) is 6.92 Å². The number of anilines is 1. The van der Waals surface area contributed by atoms with Gasteiger partial charge >= 0.3 is 6.03 Å². The van der Waals surface area contributed by atoms with E-state index in [9.17, 15) is 14.4 Å². The molecule has 1 N–H and O–H groups in total. The van der Waals surface area contributed by atoms with E-state index < -0.39 is 17.8 Å². The van der Waals surface area contributed by atoms with Crippen molar-refractivity contribution in [3.63, 3.8) is 0 Å². The van der Waals surface area contributed by atoms with Crippen molar-refractivity contribution >= 4 is 73.1 Å². The quantitative estimate of drug-likeness (QED) is 0.270. The number of carbonyl (C=O) groups excluding carboxylic acids is 3. The zero-order valence-electron chi connectivity index (χ0n) is 17.8. The lowest BCUT2D eigenvalue weighted by atomic mass is 10.0. The molecule has 9 heteroatoms. The van der Waals surface area contributed by atoms with Gasteiger partial charge in [-0.25, -0.2) is 9.69 Å². The van der Waals surface area contributed by atoms with Gasteiger partial charge < -0.3 is 4.74 Å². The van der Waals surface area contributed by atoms with E-state index in [-0.39, 0.29) is 12.2 Å². The second kappa shape index (κ2) is 10.1. The van der Waals surface area contributed by atoms with Crippen molar-refractivity contribution in [1.29, 1.82) is 0 Å². The molecular formula is C25H17Br2ClN2O4. The van der Waals surface area contributed by atoms with Crippen LogP contribution in [0.25, 0.3) is 6.08 Å². The van der Waals surface area contributed by atoms with Crippen molar-refractivity contribution in [3.8, 4) is 5.75 Å². The van der Waals surface area contributed by atoms with Crippen LogP contribution in [0.3, 0.4) is 0 Å². The highest BCUT2D eigenvalue weighted by Crippen LogP contribution is 2.36. The third kappa shape index (κ3) is 4.94. The highest BCUT2D eigenvalue weighted by Gasteiger charge is 2.38. The van der Waals surface area contributed by atoms with E-state index >= 15 is 0 Å². The van der Waals surface area contributed by atoms with E-state index in [1.165, 1.54) is 6.08 Å². The van der Waals surface area contributed by atoms with Crippen LogP contribution < -0.4 is 15.0 Å². The predicted octanol–water partition coefficient (Wildman–Crippen LogP) is 6.42. The summed E-state index contributed by atoms with van der Waals surface area (Å²) in [5, 5.41) is 2.63. The molecule has 0 aromatic heterocycles. The molecular weight excluding hydrogens is 588 g/mol. The Bertz CT molecular complexity index is 1340. The molecule has 0 saturated carbocycles. The molecule has 4 amide bonds. The van der Waals surface area contributed by atoms with Gasteiger partial charge in [0, 0.05) is 15.1 Å². The second-order valence-corrected chi connectivity index (χ2v) is 9.60. The lowest BCUT2D eigenvalue weighted by Gasteiger charge is -2.28. The highest BCUT2D eigenvalue weighted by atomic mass is 79.9. The van der Waals surface area contributed by atoms with E-state index in [0.717, 1.165) is 10.5 Å². The number of barbiturate groups is 1. The number of amides is 4. The molecule has 172 valence electrons. The summed E-state index contributed by atoms with van der Waals surface area (Å²) in [5.74, 6) is -1.11. The minimum atomic E-state index is -0.839. The Morgan fingerprint density at radius 3 is 2.50 bits per heavy atom. The first kappa shape index (κ1) is 24.2. The molecule has 0 radical (unpaired) electrons. The molecule has 1 heterocycles. The van der Waals surface area contributed by atoms with Crippen molar-refractivity contribution in [2.75, 3.05) is 4.90 Å². The van der Waals surface area contributed by atoms with Gasteiger partial charge in [0.25, 0.3) is 11.8 Å². The van der Waals surface area contributed by atoms with Crippen molar-refractivity contribution in [2.24, 2.45) is 0 Å². The standard InChI is InChI=1S/C25H17Br2ClN2O4/c1-14-20(28)8-5-9-21(14)30-24(32)18(23(31)29-25(30)33)11-16-10-17(26)12-19(27)22(16)34-13-15-6-3-2-4-7-15/h2-12H,13H2,1H3,(H,29,31,33)/b18-11+. The normalized spacial score (nSPS) is 15.0. The van der Waals surface area contributed by atoms with Crippen LogP contribution in [-0.2, 0) is 16.2 Å². The minimum absolute atomic E-state index is 0.214. The van der Waals surface area contributed by atoms with Gasteiger partial charge in [0.2, 0.25) is 0 Å². The summed E-state index contributed by atoms with van der Waals surface area (Å²) < 4.78 is 7.38. The lowest BCUT2D eigenvalue weighted by Crippen LogP contribution is -2.54. The third-order valence-electron chi connectivity index (χ3n) is 5.14. The minimum Gasteiger partial charge on any atom is -0.487 e. The number of rotatable bonds is 5. The molecule has 1 aliphatic rings. The van der Waals surface area contributed by atoms with Gasteiger partial charge in [0.05, 0.1) is 10.2 Å². The fourth-order valence-electron chi connectivity index (χ4n) is 3.44. The van der Waals surface area contributed by atoms with Gasteiger partial charge in [-0.3, -0.25) is 14.9 Å². The van der Waals surface area contributed by atoms with Crippen LogP contribution >= 0.6 is 43.5 Å². The molecule has 1 saturated heterocycles. The van der Waals surface area contributed by atoms with Crippen LogP contribution in [0.15, 0.2) is 75.2 Å². The van der Waals surface area contributed by atoms with Crippen molar-refractivity contribution in [3.05, 3.63) is 96.9 Å². The second-order valence-electron chi connectivity index (χ2n) is 7.42. The fraction of sp³-hybridized carbons (Fsp3) is 0.0800. The van der Waals surface area contributed by atoms with E-state index in [4.69, 9.17) is 16.3 Å². The maximum absolute atomic E-state index is 13.3. The van der Waals surface area contributed by atoms with Crippen LogP contribution in [0.2, 0.25) is 5.02 Å². The van der Waals surface area contributed by atoms with Gasteiger partial charge in [-0.2, -0.15) is 0 Å². The maximum atomic E-state index is 13.3. The molecule has 0 bridgehead atoms. The Morgan fingerprint density at radius 2 is 1.76 bits per heavy atom. The Labute approximate surface area is 217 Å². The number of halogens is 3. The summed E-state index contributed by atoms with van der Waals surface area (Å²) in [6.45, 7) is 1.97. The van der Waals surface area contributed by atoms with E-state index in [2.05, 4.69) is 37.2 Å². The first-order valence-corrected chi connectivity index (χ1v) is 12.0. The van der Waals surface area contributed by atoms with Crippen molar-refractivity contribution < 1.29 is 19.1 Å². The molecule has 0 spiro atoms. The summed E-state index contributed by atoms with van der Waals surface area (Å²) in [5.41, 5.74) is 2.06. The maximum Gasteiger partial charge on any atom is 0.335 e. The highest BCUT2D eigenvalue weighted by molar-refractivity contribution is 9.11. The first-order chi connectivity index (χ1) is 16.3. The SMILES string of the molecule is Cc1c(Cl)cccc1N1C(=O)NC(=O)/C(=C\c2cc(Br)cc(Br)c2OCc2ccccc2)C1=O. The molecule has 1 fully saturated rings. The third-order valence-corrected chi connectivity index (χ3v) is 6.60. The number of nitrogens with zero attached hydrogens (tertiary/aromatic N) is 1. The Kier molecular flexibility index (Phi) is 7.21. The largest absolute Gasteiger partial charge is 0.487 e. The summed E-state index contributed by atoms with van der Waals surface area (Å²) in [4.78, 5) is 39.5. The van der Waals surface area contributed by atoms with E-state index in [1.807, 2.05) is 30.3 Å². The number of urea groups is 1. The zero-order valence-corrected chi connectivity index (χ0v) is 21.7. The molecule has 6 nitrogen and oxygen atoms in total. The molecule has 0 atom stereocenters. The number of hydrogen-bond acceptors (Lipinski definition) is 4. The lowest BCUT2D eigenvalue weighted by molar-refractivity contribution is -0.122. The Morgan fingerprint density at radius 1 is 1.03 bits per heavy atom. The van der Waals surface area contributed by atoms with Crippen molar-refractivity contribution in [1.82, 2.24) is 5.32 Å². The number of hydrogen-bond donors (Lipinski definition) is 1. The summed E-state index contributed by atoms with van der Waals surface area (Å²) in [6, 6.07) is 17.2. The van der Waals surface area contributed by atoms with Gasteiger partial charge in [-0.1, -0.05) is 63.9 Å². The molecule has 4 rings (SSSR count).